The molecule has 0 aliphatic carbocycles. The van der Waals surface area contributed by atoms with Crippen LogP contribution in [0.3, 0.4) is 0 Å². The van der Waals surface area contributed by atoms with Crippen molar-refractivity contribution in [3.05, 3.63) is 35.4 Å². The molecule has 3 aliphatic heterocycles. The van der Waals surface area contributed by atoms with E-state index in [0.717, 1.165) is 12.8 Å². The number of ether oxygens (including phenoxy) is 4. The molecule has 1 fully saturated rings. The van der Waals surface area contributed by atoms with Gasteiger partial charge in [0.2, 0.25) is 0 Å². The number of carboxylic acids is 2. The van der Waals surface area contributed by atoms with Gasteiger partial charge in [-0.1, -0.05) is 0 Å². The van der Waals surface area contributed by atoms with Gasteiger partial charge in [0.1, 0.15) is 0 Å². The van der Waals surface area contributed by atoms with Crippen LogP contribution in [-0.4, -0.2) is 72.5 Å². The van der Waals surface area contributed by atoms with Gasteiger partial charge in [0.25, 0.3) is 0 Å². The lowest BCUT2D eigenvalue weighted by atomic mass is 10.1. The van der Waals surface area contributed by atoms with E-state index in [0.29, 0.717) is 63.2 Å². The van der Waals surface area contributed by atoms with E-state index in [1.54, 1.807) is 24.3 Å². The first-order valence-electron chi connectivity index (χ1n) is 12.4. The quantitative estimate of drug-likeness (QED) is 0.318. The topological polar surface area (TPSA) is 180 Å². The number of rotatable bonds is 5. The third kappa shape index (κ3) is 15.9. The van der Waals surface area contributed by atoms with Crippen LogP contribution in [0, 0.1) is 0 Å². The standard InChI is InChI=1S/C12H12O4.C8H12O4.C6H10O4/c13-11-9-3-5-10(6-4-9)12(14)16-8-2-1-7-15-11;9-7-3-4-8(10)12-6-2-1-5-11-7;7-5(8)3-1-2-4-6(9)10/h3-6H,1-2,7-8H2;1-6H2;1-4H2,(H,7,8)(H,9,10). The van der Waals surface area contributed by atoms with E-state index in [4.69, 9.17) is 29.2 Å². The number of benzene rings is 1. The molecule has 210 valence electrons. The summed E-state index contributed by atoms with van der Waals surface area (Å²) in [6, 6.07) is 6.28. The normalized spacial score (nSPS) is 16.2. The van der Waals surface area contributed by atoms with Gasteiger partial charge in [0.05, 0.1) is 50.4 Å². The van der Waals surface area contributed by atoms with E-state index >= 15 is 0 Å². The van der Waals surface area contributed by atoms with Gasteiger partial charge in [-0.15, -0.1) is 0 Å². The van der Waals surface area contributed by atoms with Gasteiger partial charge >= 0.3 is 35.8 Å². The number of esters is 4. The molecule has 2 N–H and O–H groups in total. The molecule has 1 saturated heterocycles. The predicted octanol–water partition coefficient (Wildman–Crippen LogP) is 3.16. The fraction of sp³-hybridized carbons (Fsp3) is 0.538. The minimum Gasteiger partial charge on any atom is -0.481 e. The Hall–Kier alpha value is -3.96. The average Bonchev–Trinajstić information content (AvgIpc) is 2.89. The van der Waals surface area contributed by atoms with Crippen molar-refractivity contribution in [1.82, 2.24) is 0 Å². The molecule has 1 aromatic rings. The Morgan fingerprint density at radius 3 is 1.21 bits per heavy atom. The smallest absolute Gasteiger partial charge is 0.338 e. The van der Waals surface area contributed by atoms with Crippen molar-refractivity contribution in [1.29, 1.82) is 0 Å². The highest BCUT2D eigenvalue weighted by molar-refractivity contribution is 5.93. The molecule has 0 saturated carbocycles. The van der Waals surface area contributed by atoms with Crippen molar-refractivity contribution in [2.45, 2.75) is 64.2 Å². The number of hydrogen-bond acceptors (Lipinski definition) is 10. The van der Waals surface area contributed by atoms with E-state index < -0.39 is 11.9 Å². The molecule has 3 heterocycles. The molecule has 2 bridgehead atoms. The van der Waals surface area contributed by atoms with Crippen LogP contribution in [0.15, 0.2) is 24.3 Å². The molecule has 0 aromatic heterocycles. The number of fused-ring (bicyclic) bond motifs is 9. The fourth-order valence-corrected chi connectivity index (χ4v) is 2.92. The van der Waals surface area contributed by atoms with E-state index in [2.05, 4.69) is 0 Å². The van der Waals surface area contributed by atoms with Crippen molar-refractivity contribution >= 4 is 35.8 Å². The van der Waals surface area contributed by atoms with Gasteiger partial charge in [0, 0.05) is 12.8 Å². The maximum Gasteiger partial charge on any atom is 0.338 e. The van der Waals surface area contributed by atoms with Crippen molar-refractivity contribution in [3.8, 4) is 0 Å². The molecule has 0 atom stereocenters. The van der Waals surface area contributed by atoms with Crippen LogP contribution >= 0.6 is 0 Å². The van der Waals surface area contributed by atoms with E-state index in [9.17, 15) is 28.8 Å². The Bertz CT molecular complexity index is 848. The Kier molecular flexibility index (Phi) is 16.2. The number of carbonyl (C=O) groups is 6. The number of hydrogen-bond donors (Lipinski definition) is 2. The second kappa shape index (κ2) is 19.2. The summed E-state index contributed by atoms with van der Waals surface area (Å²) in [6.07, 6.45) is 4.23. The van der Waals surface area contributed by atoms with Crippen molar-refractivity contribution in [3.63, 3.8) is 0 Å². The summed E-state index contributed by atoms with van der Waals surface area (Å²) >= 11 is 0. The summed E-state index contributed by atoms with van der Waals surface area (Å²) in [7, 11) is 0. The first-order chi connectivity index (χ1) is 18.2. The predicted molar refractivity (Wildman–Crippen MR) is 130 cm³/mol. The largest absolute Gasteiger partial charge is 0.481 e. The molecule has 1 aromatic carbocycles. The van der Waals surface area contributed by atoms with Crippen LogP contribution in [-0.2, 0) is 38.1 Å². The van der Waals surface area contributed by atoms with Gasteiger partial charge in [-0.05, 0) is 62.8 Å². The highest BCUT2D eigenvalue weighted by atomic mass is 16.5. The van der Waals surface area contributed by atoms with E-state index in [-0.39, 0.29) is 49.6 Å². The zero-order valence-electron chi connectivity index (χ0n) is 21.2. The second-order valence-electron chi connectivity index (χ2n) is 8.20. The maximum atomic E-state index is 11.5. The monoisotopic (exact) mass is 538 g/mol. The molecule has 0 spiro atoms. The maximum absolute atomic E-state index is 11.5. The van der Waals surface area contributed by atoms with Gasteiger partial charge in [-0.25, -0.2) is 9.59 Å². The summed E-state index contributed by atoms with van der Waals surface area (Å²) in [4.78, 5) is 64.4. The van der Waals surface area contributed by atoms with Gasteiger partial charge in [0.15, 0.2) is 0 Å². The highest BCUT2D eigenvalue weighted by Crippen LogP contribution is 2.10. The molecule has 12 nitrogen and oxygen atoms in total. The van der Waals surface area contributed by atoms with Crippen LogP contribution < -0.4 is 0 Å². The Morgan fingerprint density at radius 2 is 0.895 bits per heavy atom. The summed E-state index contributed by atoms with van der Waals surface area (Å²) < 4.78 is 19.7. The number of carbonyl (C=O) groups excluding carboxylic acids is 4. The molecule has 3 aliphatic rings. The van der Waals surface area contributed by atoms with Crippen LogP contribution in [0.25, 0.3) is 0 Å². The highest BCUT2D eigenvalue weighted by Gasteiger charge is 2.12. The zero-order valence-corrected chi connectivity index (χ0v) is 21.2. The lowest BCUT2D eigenvalue weighted by molar-refractivity contribution is -0.152. The molecule has 0 amide bonds. The van der Waals surface area contributed by atoms with Gasteiger partial charge in [-0.3, -0.25) is 19.2 Å². The lowest BCUT2D eigenvalue weighted by Gasteiger charge is -2.09. The number of cyclic esters (lactones) is 2. The summed E-state index contributed by atoms with van der Waals surface area (Å²) in [5.41, 5.74) is 0.911. The van der Waals surface area contributed by atoms with Crippen molar-refractivity contribution in [2.75, 3.05) is 26.4 Å². The minimum atomic E-state index is -0.870. The van der Waals surface area contributed by atoms with Crippen molar-refractivity contribution in [2.24, 2.45) is 0 Å². The number of carboxylic acid groups (broad SMARTS) is 2. The first kappa shape index (κ1) is 32.1. The third-order valence-electron chi connectivity index (χ3n) is 4.99. The SMILES string of the molecule is O=C(O)CCCCC(=O)O.O=C1CCC(=O)OCCCCO1.O=C1OCCCCOC(=O)c2ccc1cc2. The molecule has 4 rings (SSSR count). The Labute approximate surface area is 220 Å². The van der Waals surface area contributed by atoms with Crippen molar-refractivity contribution < 1.29 is 57.9 Å². The van der Waals surface area contributed by atoms with E-state index in [1.807, 2.05) is 0 Å². The Morgan fingerprint density at radius 1 is 0.579 bits per heavy atom. The number of aliphatic carboxylic acids is 2. The van der Waals surface area contributed by atoms with Crippen LogP contribution in [0.1, 0.15) is 84.9 Å². The van der Waals surface area contributed by atoms with Crippen LogP contribution in [0.4, 0.5) is 0 Å². The number of unbranched alkanes of at least 4 members (excludes halogenated alkanes) is 1. The first-order valence-corrected chi connectivity index (χ1v) is 12.4. The Balaban J connectivity index is 0.000000296. The summed E-state index contributed by atoms with van der Waals surface area (Å²) in [6.45, 7) is 1.60. The van der Waals surface area contributed by atoms with E-state index in [1.165, 1.54) is 0 Å². The zero-order chi connectivity index (χ0) is 28.2. The fourth-order valence-electron chi connectivity index (χ4n) is 2.92. The molecule has 0 unspecified atom stereocenters. The van der Waals surface area contributed by atoms with Crippen LogP contribution in [0.2, 0.25) is 0 Å². The summed E-state index contributed by atoms with van der Waals surface area (Å²) in [5, 5.41) is 16.3. The van der Waals surface area contributed by atoms with Gasteiger partial charge < -0.3 is 29.2 Å². The molecule has 38 heavy (non-hydrogen) atoms. The third-order valence-corrected chi connectivity index (χ3v) is 4.99. The lowest BCUT2D eigenvalue weighted by Crippen LogP contribution is -2.14. The second-order valence-corrected chi connectivity index (χ2v) is 8.20. The average molecular weight is 539 g/mol. The molecular weight excluding hydrogens is 504 g/mol. The summed E-state index contributed by atoms with van der Waals surface area (Å²) in [5.74, 6) is -3.06. The molecule has 12 heteroatoms. The molecular formula is C26H34O12. The van der Waals surface area contributed by atoms with Crippen LogP contribution in [0.5, 0.6) is 0 Å². The minimum absolute atomic E-state index is 0.0628. The molecule has 0 radical (unpaired) electrons. The van der Waals surface area contributed by atoms with Gasteiger partial charge in [-0.2, -0.15) is 0 Å².